The van der Waals surface area contributed by atoms with Gasteiger partial charge in [-0.2, -0.15) is 0 Å². The van der Waals surface area contributed by atoms with Gasteiger partial charge in [0.25, 0.3) is 5.91 Å². The lowest BCUT2D eigenvalue weighted by atomic mass is 10.1. The minimum absolute atomic E-state index is 0.0449. The van der Waals surface area contributed by atoms with E-state index in [4.69, 9.17) is 21.1 Å². The Morgan fingerprint density at radius 1 is 1.07 bits per heavy atom. The first kappa shape index (κ1) is 18.6. The Bertz CT molecular complexity index is 894. The van der Waals surface area contributed by atoms with E-state index in [1.807, 2.05) is 6.07 Å². The number of rotatable bonds is 5. The molecule has 6 nitrogen and oxygen atoms in total. The number of carbonyl (C=O) groups excluding carboxylic acids is 2. The molecule has 0 spiro atoms. The summed E-state index contributed by atoms with van der Waals surface area (Å²) in [5.74, 6) is 1.14. The van der Waals surface area contributed by atoms with Crippen molar-refractivity contribution in [2.24, 2.45) is 5.92 Å². The Kier molecular flexibility index (Phi) is 5.39. The molecule has 1 saturated carbocycles. The van der Waals surface area contributed by atoms with Crippen molar-refractivity contribution in [3.8, 4) is 11.5 Å². The lowest BCUT2D eigenvalue weighted by Gasteiger charge is -2.12. The molecular formula is C21H21ClN2O4. The number of hydrogen-bond acceptors (Lipinski definition) is 4. The Morgan fingerprint density at radius 2 is 1.82 bits per heavy atom. The first-order chi connectivity index (χ1) is 13.6. The van der Waals surface area contributed by atoms with Crippen LogP contribution in [0, 0.1) is 5.92 Å². The lowest BCUT2D eigenvalue weighted by molar-refractivity contribution is -0.117. The van der Waals surface area contributed by atoms with Crippen LogP contribution in [0.5, 0.6) is 11.5 Å². The molecule has 0 unspecified atom stereocenters. The highest BCUT2D eigenvalue weighted by Crippen LogP contribution is 2.38. The van der Waals surface area contributed by atoms with Crippen LogP contribution in [-0.4, -0.2) is 25.0 Å². The van der Waals surface area contributed by atoms with Gasteiger partial charge in [-0.05, 0) is 54.8 Å². The van der Waals surface area contributed by atoms with Gasteiger partial charge in [-0.3, -0.25) is 9.59 Å². The van der Waals surface area contributed by atoms with Crippen molar-refractivity contribution in [3.63, 3.8) is 0 Å². The molecule has 28 heavy (non-hydrogen) atoms. The van der Waals surface area contributed by atoms with Crippen LogP contribution in [0.2, 0.25) is 5.02 Å². The van der Waals surface area contributed by atoms with Crippen LogP contribution in [-0.2, 0) is 11.3 Å². The van der Waals surface area contributed by atoms with Crippen molar-refractivity contribution < 1.29 is 19.1 Å². The number of carbonyl (C=O) groups is 2. The molecule has 0 saturated heterocycles. The van der Waals surface area contributed by atoms with E-state index < -0.39 is 0 Å². The zero-order valence-electron chi connectivity index (χ0n) is 15.3. The molecule has 0 aromatic heterocycles. The van der Waals surface area contributed by atoms with Crippen molar-refractivity contribution in [1.29, 1.82) is 0 Å². The van der Waals surface area contributed by atoms with Crippen LogP contribution in [0.1, 0.15) is 35.2 Å². The Balaban J connectivity index is 1.37. The maximum atomic E-state index is 12.4. The van der Waals surface area contributed by atoms with Gasteiger partial charge in [0.2, 0.25) is 5.91 Å². The molecule has 1 heterocycles. The maximum absolute atomic E-state index is 12.4. The monoisotopic (exact) mass is 400 g/mol. The van der Waals surface area contributed by atoms with Crippen LogP contribution in [0.15, 0.2) is 36.4 Å². The van der Waals surface area contributed by atoms with E-state index in [9.17, 15) is 9.59 Å². The second-order valence-corrected chi connectivity index (χ2v) is 7.39. The van der Waals surface area contributed by atoms with Gasteiger partial charge in [-0.1, -0.05) is 11.6 Å². The molecule has 4 rings (SSSR count). The highest BCUT2D eigenvalue weighted by Gasteiger charge is 2.29. The molecule has 1 aliphatic heterocycles. The van der Waals surface area contributed by atoms with E-state index in [2.05, 4.69) is 10.6 Å². The van der Waals surface area contributed by atoms with Crippen LogP contribution in [0.4, 0.5) is 5.69 Å². The molecular weight excluding hydrogens is 380 g/mol. The van der Waals surface area contributed by atoms with Gasteiger partial charge in [0.15, 0.2) is 11.5 Å². The third kappa shape index (κ3) is 4.39. The van der Waals surface area contributed by atoms with Crippen LogP contribution < -0.4 is 20.1 Å². The number of benzene rings is 2. The normalized spacial score (nSPS) is 15.5. The zero-order valence-corrected chi connectivity index (χ0v) is 16.1. The molecule has 2 N–H and O–H groups in total. The summed E-state index contributed by atoms with van der Waals surface area (Å²) in [7, 11) is 0. The number of hydrogen-bond donors (Lipinski definition) is 2. The van der Waals surface area contributed by atoms with Gasteiger partial charge in [0.1, 0.15) is 0 Å². The van der Waals surface area contributed by atoms with Gasteiger partial charge >= 0.3 is 0 Å². The fourth-order valence-electron chi connectivity index (χ4n) is 2.97. The van der Waals surface area contributed by atoms with Crippen molar-refractivity contribution in [2.75, 3.05) is 18.5 Å². The second-order valence-electron chi connectivity index (χ2n) is 6.98. The molecule has 0 bridgehead atoms. The molecule has 2 amide bonds. The van der Waals surface area contributed by atoms with E-state index >= 15 is 0 Å². The maximum Gasteiger partial charge on any atom is 0.251 e. The first-order valence-electron chi connectivity index (χ1n) is 9.37. The molecule has 1 fully saturated rings. The van der Waals surface area contributed by atoms with Crippen LogP contribution >= 0.6 is 11.6 Å². The van der Waals surface area contributed by atoms with E-state index in [-0.39, 0.29) is 17.7 Å². The third-order valence-electron chi connectivity index (χ3n) is 4.68. The summed E-state index contributed by atoms with van der Waals surface area (Å²) in [6.07, 6.45) is 2.71. The van der Waals surface area contributed by atoms with Crippen molar-refractivity contribution in [3.05, 3.63) is 52.5 Å². The number of ether oxygens (including phenoxy) is 2. The molecule has 2 aromatic rings. The van der Waals surface area contributed by atoms with Crippen molar-refractivity contribution in [1.82, 2.24) is 5.32 Å². The van der Waals surface area contributed by atoms with E-state index in [0.717, 1.165) is 24.8 Å². The lowest BCUT2D eigenvalue weighted by Crippen LogP contribution is -2.23. The topological polar surface area (TPSA) is 76.7 Å². The summed E-state index contributed by atoms with van der Waals surface area (Å²) in [4.78, 5) is 24.2. The predicted molar refractivity (Wildman–Crippen MR) is 106 cm³/mol. The first-order valence-corrected chi connectivity index (χ1v) is 9.75. The number of nitrogens with one attached hydrogen (secondary N) is 2. The minimum Gasteiger partial charge on any atom is -0.489 e. The summed E-state index contributed by atoms with van der Waals surface area (Å²) in [6, 6.07) is 10.5. The van der Waals surface area contributed by atoms with Gasteiger partial charge in [-0.15, -0.1) is 0 Å². The molecule has 2 aliphatic rings. The standard InChI is InChI=1S/C21H21ClN2O4/c22-17-10-13(11-18-19(17)28-9-1-8-27-18)12-23-20(25)14-4-6-16(7-5-14)24-21(26)15-2-3-15/h4-7,10-11,15H,1-3,8-9,12H2,(H,23,25)(H,24,26). The average Bonchev–Trinajstić information content (AvgIpc) is 3.54. The predicted octanol–water partition coefficient (Wildman–Crippen LogP) is 3.78. The fourth-order valence-corrected chi connectivity index (χ4v) is 3.25. The Labute approximate surface area is 168 Å². The second kappa shape index (κ2) is 8.10. The third-order valence-corrected chi connectivity index (χ3v) is 4.96. The highest BCUT2D eigenvalue weighted by atomic mass is 35.5. The van der Waals surface area contributed by atoms with Crippen LogP contribution in [0.3, 0.4) is 0 Å². The molecule has 0 atom stereocenters. The Hall–Kier alpha value is -2.73. The van der Waals surface area contributed by atoms with Gasteiger partial charge < -0.3 is 20.1 Å². The Morgan fingerprint density at radius 3 is 2.57 bits per heavy atom. The molecule has 146 valence electrons. The molecule has 0 radical (unpaired) electrons. The number of anilines is 1. The number of halogens is 1. The highest BCUT2D eigenvalue weighted by molar-refractivity contribution is 6.32. The van der Waals surface area contributed by atoms with Gasteiger partial charge in [0, 0.05) is 30.1 Å². The van der Waals surface area contributed by atoms with E-state index in [1.165, 1.54) is 0 Å². The van der Waals surface area contributed by atoms with E-state index in [0.29, 0.717) is 47.5 Å². The van der Waals surface area contributed by atoms with Crippen LogP contribution in [0.25, 0.3) is 0 Å². The van der Waals surface area contributed by atoms with Gasteiger partial charge in [0.05, 0.1) is 18.2 Å². The molecule has 2 aromatic carbocycles. The molecule has 1 aliphatic carbocycles. The SMILES string of the molecule is O=C(NCc1cc(Cl)c2c(c1)OCCCO2)c1ccc(NC(=O)C2CC2)cc1. The molecule has 7 heteroatoms. The number of amides is 2. The summed E-state index contributed by atoms with van der Waals surface area (Å²) in [5.41, 5.74) is 2.05. The zero-order chi connectivity index (χ0) is 19.5. The average molecular weight is 401 g/mol. The summed E-state index contributed by atoms with van der Waals surface area (Å²) < 4.78 is 11.3. The van der Waals surface area contributed by atoms with Crippen molar-refractivity contribution >= 4 is 29.1 Å². The summed E-state index contributed by atoms with van der Waals surface area (Å²) >= 11 is 6.29. The largest absolute Gasteiger partial charge is 0.489 e. The van der Waals surface area contributed by atoms with Crippen molar-refractivity contribution in [2.45, 2.75) is 25.8 Å². The van der Waals surface area contributed by atoms with Gasteiger partial charge in [-0.25, -0.2) is 0 Å². The smallest absolute Gasteiger partial charge is 0.251 e. The fraction of sp³-hybridized carbons (Fsp3) is 0.333. The summed E-state index contributed by atoms with van der Waals surface area (Å²) in [6.45, 7) is 1.46. The van der Waals surface area contributed by atoms with E-state index in [1.54, 1.807) is 30.3 Å². The quantitative estimate of drug-likeness (QED) is 0.800. The number of fused-ring (bicyclic) bond motifs is 1. The summed E-state index contributed by atoms with van der Waals surface area (Å²) in [5, 5.41) is 6.20. The minimum atomic E-state index is -0.205.